The first-order valence-corrected chi connectivity index (χ1v) is 7.30. The van der Waals surface area contributed by atoms with Crippen molar-refractivity contribution in [3.8, 4) is 10.6 Å². The van der Waals surface area contributed by atoms with E-state index in [0.717, 1.165) is 5.56 Å². The predicted molar refractivity (Wildman–Crippen MR) is 77.9 cm³/mol. The van der Waals surface area contributed by atoms with Crippen LogP contribution in [0.4, 0.5) is 4.39 Å². The van der Waals surface area contributed by atoms with Gasteiger partial charge in [-0.25, -0.2) is 14.2 Å². The average Bonchev–Trinajstić information content (AvgIpc) is 3.15. The van der Waals surface area contributed by atoms with E-state index in [0.29, 0.717) is 16.5 Å². The molecule has 5 nitrogen and oxygen atoms in total. The van der Waals surface area contributed by atoms with Crippen molar-refractivity contribution in [3.63, 3.8) is 0 Å². The van der Waals surface area contributed by atoms with Crippen LogP contribution in [0.2, 0.25) is 0 Å². The van der Waals surface area contributed by atoms with Gasteiger partial charge in [-0.15, -0.1) is 11.3 Å². The third kappa shape index (κ3) is 3.20. The lowest BCUT2D eigenvalue weighted by atomic mass is 10.2. The quantitative estimate of drug-likeness (QED) is 0.688. The molecule has 22 heavy (non-hydrogen) atoms. The molecule has 0 saturated carbocycles. The van der Waals surface area contributed by atoms with Crippen molar-refractivity contribution in [2.75, 3.05) is 0 Å². The molecule has 0 radical (unpaired) electrons. The van der Waals surface area contributed by atoms with Gasteiger partial charge in [0.2, 0.25) is 0 Å². The maximum atomic E-state index is 12.9. The van der Waals surface area contributed by atoms with Crippen LogP contribution in [0.1, 0.15) is 21.9 Å². The van der Waals surface area contributed by atoms with Crippen LogP contribution in [0.3, 0.4) is 0 Å². The third-order valence-corrected chi connectivity index (χ3v) is 3.72. The fraction of sp³-hybridized carbons (Fsp3) is 0.133. The minimum Gasteiger partial charge on any atom is -0.454 e. The molecule has 0 amide bonds. The third-order valence-electron chi connectivity index (χ3n) is 2.83. The molecule has 3 rings (SSSR count). The van der Waals surface area contributed by atoms with Crippen molar-refractivity contribution >= 4 is 17.3 Å². The Hall–Kier alpha value is -2.54. The molecule has 0 fully saturated rings. The summed E-state index contributed by atoms with van der Waals surface area (Å²) in [6, 6.07) is 7.62. The van der Waals surface area contributed by atoms with Gasteiger partial charge in [0.15, 0.2) is 5.69 Å². The van der Waals surface area contributed by atoms with Crippen molar-refractivity contribution in [3.05, 3.63) is 58.7 Å². The smallest absolute Gasteiger partial charge is 0.358 e. The Morgan fingerprint density at radius 2 is 2.14 bits per heavy atom. The van der Waals surface area contributed by atoms with Crippen LogP contribution in [0, 0.1) is 12.7 Å². The van der Waals surface area contributed by atoms with Gasteiger partial charge in [-0.2, -0.15) is 0 Å². The number of hydrogen-bond donors (Lipinski definition) is 0. The number of esters is 1. The summed E-state index contributed by atoms with van der Waals surface area (Å²) in [6.45, 7) is 1.79. The zero-order chi connectivity index (χ0) is 15.5. The number of halogens is 1. The number of hydrogen-bond acceptors (Lipinski definition) is 6. The number of carbonyl (C=O) groups excluding carboxylic acids is 1. The van der Waals surface area contributed by atoms with Crippen molar-refractivity contribution in [2.24, 2.45) is 0 Å². The number of aryl methyl sites for hydroxylation is 1. The second-order valence-electron chi connectivity index (χ2n) is 4.55. The lowest BCUT2D eigenvalue weighted by Crippen LogP contribution is -2.05. The molecule has 2 aromatic heterocycles. The summed E-state index contributed by atoms with van der Waals surface area (Å²) in [6.07, 6.45) is 0. The monoisotopic (exact) mass is 318 g/mol. The molecular formula is C15H11FN2O3S. The highest BCUT2D eigenvalue weighted by atomic mass is 32.1. The number of carbonyl (C=O) groups is 1. The number of nitrogens with zero attached hydrogens (tertiary/aromatic N) is 2. The van der Waals surface area contributed by atoms with Crippen LogP contribution in [0.15, 0.2) is 40.2 Å². The molecule has 0 saturated heterocycles. The molecule has 0 aliphatic heterocycles. The van der Waals surface area contributed by atoms with Gasteiger partial charge in [-0.05, 0) is 31.2 Å². The number of aromatic nitrogens is 2. The standard InChI is InChI=1S/C15H11FN2O3S/c1-9-6-12(18-21-9)7-20-15(19)13-8-22-14(17-13)10-2-4-11(16)5-3-10/h2-6,8H,7H2,1H3. The van der Waals surface area contributed by atoms with Crippen LogP contribution in [-0.4, -0.2) is 16.1 Å². The molecule has 0 N–H and O–H groups in total. The molecule has 0 aliphatic rings. The summed E-state index contributed by atoms with van der Waals surface area (Å²) in [4.78, 5) is 16.1. The first kappa shape index (κ1) is 14.4. The highest BCUT2D eigenvalue weighted by molar-refractivity contribution is 7.13. The van der Waals surface area contributed by atoms with Gasteiger partial charge in [0, 0.05) is 17.0 Å². The summed E-state index contributed by atoms with van der Waals surface area (Å²) < 4.78 is 22.9. The molecule has 112 valence electrons. The first-order chi connectivity index (χ1) is 10.6. The van der Waals surface area contributed by atoms with Gasteiger partial charge in [-0.3, -0.25) is 0 Å². The van der Waals surface area contributed by atoms with E-state index in [-0.39, 0.29) is 18.1 Å². The number of rotatable bonds is 4. The van der Waals surface area contributed by atoms with Crippen molar-refractivity contribution in [1.29, 1.82) is 0 Å². The molecule has 0 spiro atoms. The number of thiazole rings is 1. The van der Waals surface area contributed by atoms with E-state index in [1.165, 1.54) is 23.5 Å². The highest BCUT2D eigenvalue weighted by Crippen LogP contribution is 2.24. The molecule has 0 unspecified atom stereocenters. The van der Waals surface area contributed by atoms with E-state index in [1.807, 2.05) is 0 Å². The van der Waals surface area contributed by atoms with Gasteiger partial charge in [0.1, 0.15) is 28.9 Å². The molecule has 0 aliphatic carbocycles. The summed E-state index contributed by atoms with van der Waals surface area (Å²) in [5.74, 6) is -0.202. The van der Waals surface area contributed by atoms with Crippen LogP contribution >= 0.6 is 11.3 Å². The molecule has 0 bridgehead atoms. The van der Waals surface area contributed by atoms with Gasteiger partial charge >= 0.3 is 5.97 Å². The summed E-state index contributed by atoms with van der Waals surface area (Å²) in [5, 5.41) is 5.97. The zero-order valence-electron chi connectivity index (χ0n) is 11.6. The van der Waals surface area contributed by atoms with Gasteiger partial charge in [0.25, 0.3) is 0 Å². The van der Waals surface area contributed by atoms with E-state index in [4.69, 9.17) is 9.26 Å². The number of benzene rings is 1. The van der Waals surface area contributed by atoms with Crippen LogP contribution in [0.5, 0.6) is 0 Å². The van der Waals surface area contributed by atoms with Gasteiger partial charge < -0.3 is 9.26 Å². The summed E-state index contributed by atoms with van der Waals surface area (Å²) >= 11 is 1.29. The van der Waals surface area contributed by atoms with Gasteiger partial charge in [0.05, 0.1) is 0 Å². The van der Waals surface area contributed by atoms with E-state index in [1.54, 1.807) is 30.5 Å². The van der Waals surface area contributed by atoms with E-state index in [2.05, 4.69) is 10.1 Å². The van der Waals surface area contributed by atoms with E-state index >= 15 is 0 Å². The Morgan fingerprint density at radius 3 is 2.82 bits per heavy atom. The van der Waals surface area contributed by atoms with Crippen molar-refractivity contribution in [1.82, 2.24) is 10.1 Å². The summed E-state index contributed by atoms with van der Waals surface area (Å²) in [5.41, 5.74) is 1.50. The van der Waals surface area contributed by atoms with E-state index in [9.17, 15) is 9.18 Å². The van der Waals surface area contributed by atoms with Gasteiger partial charge in [-0.1, -0.05) is 5.16 Å². The maximum absolute atomic E-state index is 12.9. The van der Waals surface area contributed by atoms with Crippen molar-refractivity contribution in [2.45, 2.75) is 13.5 Å². The minimum absolute atomic E-state index is 0.0274. The molecule has 7 heteroatoms. The Bertz CT molecular complexity index is 795. The zero-order valence-corrected chi connectivity index (χ0v) is 12.4. The Balaban J connectivity index is 1.67. The average molecular weight is 318 g/mol. The van der Waals surface area contributed by atoms with E-state index < -0.39 is 5.97 Å². The van der Waals surface area contributed by atoms with Crippen molar-refractivity contribution < 1.29 is 18.4 Å². The normalized spacial score (nSPS) is 10.6. The lowest BCUT2D eigenvalue weighted by Gasteiger charge is -1.99. The van der Waals surface area contributed by atoms with Crippen LogP contribution < -0.4 is 0 Å². The second-order valence-corrected chi connectivity index (χ2v) is 5.41. The fourth-order valence-electron chi connectivity index (χ4n) is 1.79. The Morgan fingerprint density at radius 1 is 1.36 bits per heavy atom. The molecule has 1 aromatic carbocycles. The maximum Gasteiger partial charge on any atom is 0.358 e. The molecule has 0 atom stereocenters. The first-order valence-electron chi connectivity index (χ1n) is 6.42. The van der Waals surface area contributed by atoms with Crippen LogP contribution in [0.25, 0.3) is 10.6 Å². The molecule has 3 aromatic rings. The summed E-state index contributed by atoms with van der Waals surface area (Å²) in [7, 11) is 0. The van der Waals surface area contributed by atoms with Crippen LogP contribution in [-0.2, 0) is 11.3 Å². The highest BCUT2D eigenvalue weighted by Gasteiger charge is 2.14. The predicted octanol–water partition coefficient (Wildman–Crippen LogP) is 3.60. The molecular weight excluding hydrogens is 307 g/mol. The Labute approximate surface area is 129 Å². The topological polar surface area (TPSA) is 65.2 Å². The number of ether oxygens (including phenoxy) is 1. The molecule has 2 heterocycles. The lowest BCUT2D eigenvalue weighted by molar-refractivity contribution is 0.0458. The second kappa shape index (κ2) is 6.07. The largest absolute Gasteiger partial charge is 0.454 e. The Kier molecular flexibility index (Phi) is 3.97. The SMILES string of the molecule is Cc1cc(COC(=O)c2csc(-c3ccc(F)cc3)n2)no1. The minimum atomic E-state index is -0.537. The fourth-order valence-corrected chi connectivity index (χ4v) is 2.59.